The lowest BCUT2D eigenvalue weighted by Gasteiger charge is -2.29. The number of carbonyl (C=O) groups is 4. The summed E-state index contributed by atoms with van der Waals surface area (Å²) >= 11 is 1.79. The monoisotopic (exact) mass is 666 g/mol. The molecule has 0 aliphatic carbocycles. The average Bonchev–Trinajstić information content (AvgIpc) is 3.36. The Hall–Kier alpha value is -4.10. The summed E-state index contributed by atoms with van der Waals surface area (Å²) in [5, 5.41) is 18.8. The van der Waals surface area contributed by atoms with Crippen LogP contribution in [-0.2, 0) is 32.0 Å². The highest BCUT2D eigenvalue weighted by Crippen LogP contribution is 2.13. The van der Waals surface area contributed by atoms with E-state index in [1.165, 1.54) is 0 Å². The lowest BCUT2D eigenvalue weighted by atomic mass is 10.0. The van der Waals surface area contributed by atoms with E-state index in [1.807, 2.05) is 67.6 Å². The van der Waals surface area contributed by atoms with E-state index in [1.54, 1.807) is 16.7 Å². The van der Waals surface area contributed by atoms with E-state index in [9.17, 15) is 19.2 Å². The number of thioether (sulfide) groups is 1. The van der Waals surface area contributed by atoms with Gasteiger partial charge in [0.2, 0.25) is 23.6 Å². The molecule has 0 bridgehead atoms. The first-order chi connectivity index (χ1) is 22.7. The second kappa shape index (κ2) is 20.2. The van der Waals surface area contributed by atoms with Gasteiger partial charge in [-0.25, -0.2) is 0 Å². The van der Waals surface area contributed by atoms with Gasteiger partial charge in [-0.1, -0.05) is 80.4 Å². The van der Waals surface area contributed by atoms with Crippen molar-refractivity contribution in [3.8, 4) is 0 Å². The number of nitrogens with one attached hydrogen (secondary N) is 5. The first kappa shape index (κ1) is 37.4. The number of hydrogen-bond donors (Lipinski definition) is 7. The molecule has 4 atom stereocenters. The van der Waals surface area contributed by atoms with Crippen molar-refractivity contribution in [1.29, 1.82) is 5.41 Å². The molecule has 9 N–H and O–H groups in total. The fourth-order valence-corrected chi connectivity index (χ4v) is 6.20. The lowest BCUT2D eigenvalue weighted by molar-refractivity contribution is -0.137. The number of unbranched alkanes of at least 4 members (excludes halogenated alkanes) is 1. The van der Waals surface area contributed by atoms with E-state index >= 15 is 0 Å². The van der Waals surface area contributed by atoms with E-state index in [0.717, 1.165) is 35.5 Å². The Bertz CT molecular complexity index is 1290. The van der Waals surface area contributed by atoms with Crippen molar-refractivity contribution in [3.63, 3.8) is 0 Å². The summed E-state index contributed by atoms with van der Waals surface area (Å²) < 4.78 is 0. The molecular weight excluding hydrogens is 616 g/mol. The molecule has 0 spiro atoms. The zero-order chi connectivity index (χ0) is 34.0. The van der Waals surface area contributed by atoms with Crippen LogP contribution >= 0.6 is 11.8 Å². The number of nitrogens with two attached hydrogens (primary N) is 2. The molecule has 1 saturated heterocycles. The Morgan fingerprint density at radius 1 is 0.809 bits per heavy atom. The maximum atomic E-state index is 13.8. The molecule has 1 fully saturated rings. The van der Waals surface area contributed by atoms with Gasteiger partial charge in [0.25, 0.3) is 0 Å². The van der Waals surface area contributed by atoms with E-state index < -0.39 is 41.9 Å². The third-order valence-corrected chi connectivity index (χ3v) is 8.98. The largest absolute Gasteiger partial charge is 0.370 e. The predicted molar refractivity (Wildman–Crippen MR) is 187 cm³/mol. The Morgan fingerprint density at radius 3 is 2.04 bits per heavy atom. The average molecular weight is 667 g/mol. The van der Waals surface area contributed by atoms with Crippen molar-refractivity contribution in [3.05, 3.63) is 71.8 Å². The van der Waals surface area contributed by atoms with Gasteiger partial charge in [0, 0.05) is 31.8 Å². The van der Waals surface area contributed by atoms with E-state index in [2.05, 4.69) is 21.3 Å². The summed E-state index contributed by atoms with van der Waals surface area (Å²) in [7, 11) is 0. The van der Waals surface area contributed by atoms with Crippen LogP contribution < -0.4 is 32.7 Å². The van der Waals surface area contributed by atoms with Gasteiger partial charge in [0.05, 0.1) is 6.04 Å². The fourth-order valence-electron chi connectivity index (χ4n) is 5.32. The molecule has 47 heavy (non-hydrogen) atoms. The molecule has 13 heteroatoms. The molecule has 1 aliphatic rings. The van der Waals surface area contributed by atoms with Crippen molar-refractivity contribution in [2.45, 2.75) is 76.0 Å². The van der Waals surface area contributed by atoms with Crippen LogP contribution in [0.5, 0.6) is 0 Å². The summed E-state index contributed by atoms with van der Waals surface area (Å²) in [5.74, 6) is -0.116. The number of carbonyl (C=O) groups excluding carboxylic acids is 4. The molecule has 1 aliphatic heterocycles. The minimum Gasteiger partial charge on any atom is -0.370 e. The SMILES string of the molecule is CCCC[C@@H](NC(=O)[C@@H](Cc1ccccc1)NC(=O)[C@H](N)Cc1ccccc1)C(=O)N[C@H](CCNC(=N)N)C(=O)N1CCCSCC1. The molecule has 0 radical (unpaired) electrons. The van der Waals surface area contributed by atoms with Crippen LogP contribution in [0.1, 0.15) is 50.2 Å². The van der Waals surface area contributed by atoms with Gasteiger partial charge >= 0.3 is 0 Å². The second-order valence-corrected chi connectivity index (χ2v) is 13.0. The first-order valence-electron chi connectivity index (χ1n) is 16.4. The maximum absolute atomic E-state index is 13.8. The topological polar surface area (TPSA) is 196 Å². The summed E-state index contributed by atoms with van der Waals surface area (Å²) in [4.78, 5) is 56.2. The molecule has 3 rings (SSSR count). The molecule has 1 heterocycles. The van der Waals surface area contributed by atoms with Crippen LogP contribution in [-0.4, -0.2) is 89.8 Å². The molecule has 256 valence electrons. The smallest absolute Gasteiger partial charge is 0.245 e. The molecule has 2 aromatic carbocycles. The van der Waals surface area contributed by atoms with Crippen LogP contribution in [0, 0.1) is 5.41 Å². The summed E-state index contributed by atoms with van der Waals surface area (Å²) in [6, 6.07) is 15.0. The Balaban J connectivity index is 1.76. The highest BCUT2D eigenvalue weighted by Gasteiger charge is 2.32. The number of rotatable bonds is 17. The quantitative estimate of drug-likeness (QED) is 0.0969. The van der Waals surface area contributed by atoms with Crippen molar-refractivity contribution < 1.29 is 19.2 Å². The van der Waals surface area contributed by atoms with Gasteiger partial charge in [-0.2, -0.15) is 11.8 Å². The number of hydrogen-bond acceptors (Lipinski definition) is 7. The van der Waals surface area contributed by atoms with Crippen LogP contribution in [0.25, 0.3) is 0 Å². The van der Waals surface area contributed by atoms with Gasteiger partial charge in [-0.05, 0) is 42.6 Å². The highest BCUT2D eigenvalue weighted by atomic mass is 32.2. The third-order valence-electron chi connectivity index (χ3n) is 7.93. The molecule has 0 saturated carbocycles. The number of benzene rings is 2. The molecule has 0 aromatic heterocycles. The van der Waals surface area contributed by atoms with Crippen molar-refractivity contribution >= 4 is 41.4 Å². The molecule has 4 amide bonds. The van der Waals surface area contributed by atoms with Gasteiger partial charge < -0.3 is 37.6 Å². The second-order valence-electron chi connectivity index (χ2n) is 11.7. The van der Waals surface area contributed by atoms with E-state index in [-0.39, 0.29) is 31.3 Å². The third kappa shape index (κ3) is 13.3. The van der Waals surface area contributed by atoms with Crippen LogP contribution in [0.3, 0.4) is 0 Å². The lowest BCUT2D eigenvalue weighted by Crippen LogP contribution is -2.58. The zero-order valence-electron chi connectivity index (χ0n) is 27.2. The van der Waals surface area contributed by atoms with Crippen LogP contribution in [0.2, 0.25) is 0 Å². The van der Waals surface area contributed by atoms with Crippen LogP contribution in [0.15, 0.2) is 60.7 Å². The summed E-state index contributed by atoms with van der Waals surface area (Å²) in [5.41, 5.74) is 13.4. The van der Waals surface area contributed by atoms with Gasteiger partial charge in [0.1, 0.15) is 18.1 Å². The van der Waals surface area contributed by atoms with Crippen molar-refractivity contribution in [1.82, 2.24) is 26.2 Å². The predicted octanol–water partition coefficient (Wildman–Crippen LogP) is 1.28. The van der Waals surface area contributed by atoms with Gasteiger partial charge in [0.15, 0.2) is 5.96 Å². The highest BCUT2D eigenvalue weighted by molar-refractivity contribution is 7.99. The minimum atomic E-state index is -0.990. The van der Waals surface area contributed by atoms with Crippen LogP contribution in [0.4, 0.5) is 0 Å². The number of guanidine groups is 1. The normalized spacial score (nSPS) is 15.7. The molecule has 0 unspecified atom stereocenters. The molecule has 12 nitrogen and oxygen atoms in total. The van der Waals surface area contributed by atoms with Crippen molar-refractivity contribution in [2.24, 2.45) is 11.5 Å². The number of amides is 4. The Labute approximate surface area is 282 Å². The zero-order valence-corrected chi connectivity index (χ0v) is 28.0. The van der Waals surface area contributed by atoms with Gasteiger partial charge in [-0.15, -0.1) is 0 Å². The summed E-state index contributed by atoms with van der Waals surface area (Å²) in [6.45, 7) is 3.39. The van der Waals surface area contributed by atoms with Crippen molar-refractivity contribution in [2.75, 3.05) is 31.1 Å². The van der Waals surface area contributed by atoms with E-state index in [0.29, 0.717) is 32.4 Å². The fraction of sp³-hybridized carbons (Fsp3) is 0.500. The summed E-state index contributed by atoms with van der Waals surface area (Å²) in [6.07, 6.45) is 3.37. The first-order valence-corrected chi connectivity index (χ1v) is 17.5. The van der Waals surface area contributed by atoms with Gasteiger partial charge in [-0.3, -0.25) is 24.6 Å². The molecular formula is C34H50N8O4S. The maximum Gasteiger partial charge on any atom is 0.245 e. The minimum absolute atomic E-state index is 0.198. The Kier molecular flexibility index (Phi) is 16.1. The standard InChI is InChI=1S/C34H50N8O4S/c1-2-3-15-27(31(44)40-28(16-17-38-34(36)37)33(46)42-18-10-20-47-21-19-42)39-32(45)29(23-25-13-8-5-9-14-25)41-30(43)26(35)22-24-11-6-4-7-12-24/h4-9,11-14,26-29H,2-3,10,15-23,35H2,1H3,(H,39,45)(H,40,44)(H,41,43)(H4,36,37,38)/t26-,27-,28-,29-/m1/s1. The van der Waals surface area contributed by atoms with E-state index in [4.69, 9.17) is 16.9 Å². The molecule has 2 aromatic rings. The number of nitrogens with zero attached hydrogens (tertiary/aromatic N) is 1. The Morgan fingerprint density at radius 2 is 1.40 bits per heavy atom.